The monoisotopic (exact) mass is 311 g/mol. The molecule has 100 valence electrons. The largest absolute Gasteiger partial charge is 0.316 e. The van der Waals surface area contributed by atoms with Crippen molar-refractivity contribution in [3.63, 3.8) is 0 Å². The smallest absolute Gasteiger partial charge is 0.0515 e. The molecule has 1 aliphatic heterocycles. The van der Waals surface area contributed by atoms with E-state index < -0.39 is 0 Å². The summed E-state index contributed by atoms with van der Waals surface area (Å²) in [4.78, 5) is 0. The van der Waals surface area contributed by atoms with Gasteiger partial charge in [0.25, 0.3) is 0 Å². The van der Waals surface area contributed by atoms with E-state index in [4.69, 9.17) is 0 Å². The summed E-state index contributed by atoms with van der Waals surface area (Å²) in [5.74, 6) is 1.30. The molecule has 1 saturated heterocycles. The van der Waals surface area contributed by atoms with Gasteiger partial charge in [0.05, 0.1) is 6.04 Å². The summed E-state index contributed by atoms with van der Waals surface area (Å²) in [6.07, 6.45) is 0. The lowest BCUT2D eigenvalue weighted by atomic mass is 9.95. The minimum atomic E-state index is 0.391. The Balaban J connectivity index is 1.95. The molecule has 2 atom stereocenters. The number of hydrazine groups is 1. The fraction of sp³-hybridized carbons (Fsp3) is 0.571. The summed E-state index contributed by atoms with van der Waals surface area (Å²) in [5.41, 5.74) is 7.99. The number of hydrogen-bond donors (Lipinski definition) is 3. The van der Waals surface area contributed by atoms with Crippen molar-refractivity contribution in [1.82, 2.24) is 16.2 Å². The zero-order valence-corrected chi connectivity index (χ0v) is 12.6. The van der Waals surface area contributed by atoms with Crippen LogP contribution in [0.4, 0.5) is 0 Å². The average Bonchev–Trinajstić information content (AvgIpc) is 2.77. The molecule has 3 N–H and O–H groups in total. The van der Waals surface area contributed by atoms with E-state index in [9.17, 15) is 0 Å². The first-order chi connectivity index (χ1) is 8.66. The van der Waals surface area contributed by atoms with Crippen molar-refractivity contribution in [2.75, 3.05) is 19.6 Å². The molecule has 4 heteroatoms. The van der Waals surface area contributed by atoms with Crippen molar-refractivity contribution < 1.29 is 0 Å². The second-order valence-electron chi connectivity index (χ2n) is 5.37. The molecule has 0 radical (unpaired) electrons. The molecule has 2 unspecified atom stereocenters. The van der Waals surface area contributed by atoms with Crippen molar-refractivity contribution in [3.8, 4) is 0 Å². The van der Waals surface area contributed by atoms with Gasteiger partial charge in [0, 0.05) is 23.5 Å². The third kappa shape index (κ3) is 3.79. The van der Waals surface area contributed by atoms with E-state index in [0.29, 0.717) is 17.9 Å². The summed E-state index contributed by atoms with van der Waals surface area (Å²) < 4.78 is 1.14. The van der Waals surface area contributed by atoms with Gasteiger partial charge in [-0.1, -0.05) is 41.9 Å². The number of halogens is 1. The Morgan fingerprint density at radius 1 is 1.44 bits per heavy atom. The van der Waals surface area contributed by atoms with E-state index in [1.54, 1.807) is 0 Å². The van der Waals surface area contributed by atoms with Crippen LogP contribution in [0.5, 0.6) is 0 Å². The molecule has 0 aliphatic carbocycles. The maximum Gasteiger partial charge on any atom is 0.0515 e. The first-order valence-corrected chi connectivity index (χ1v) is 7.40. The van der Waals surface area contributed by atoms with Gasteiger partial charge in [-0.3, -0.25) is 5.43 Å². The van der Waals surface area contributed by atoms with E-state index in [1.807, 2.05) is 0 Å². The molecule has 1 fully saturated rings. The molecule has 1 aliphatic rings. The van der Waals surface area contributed by atoms with Crippen LogP contribution in [0, 0.1) is 11.8 Å². The maximum atomic E-state index is 3.55. The van der Waals surface area contributed by atoms with Crippen LogP contribution >= 0.6 is 15.9 Å². The second-order valence-corrected chi connectivity index (χ2v) is 6.29. The molecule has 3 nitrogen and oxygen atoms in total. The van der Waals surface area contributed by atoms with Crippen LogP contribution in [-0.4, -0.2) is 19.6 Å². The van der Waals surface area contributed by atoms with Crippen LogP contribution in [0.25, 0.3) is 0 Å². The molecule has 2 rings (SSSR count). The Morgan fingerprint density at radius 3 is 3.00 bits per heavy atom. The van der Waals surface area contributed by atoms with Gasteiger partial charge in [0.1, 0.15) is 0 Å². The summed E-state index contributed by atoms with van der Waals surface area (Å²) in [7, 11) is 0. The highest BCUT2D eigenvalue weighted by molar-refractivity contribution is 9.10. The molecule has 18 heavy (non-hydrogen) atoms. The van der Waals surface area contributed by atoms with Crippen LogP contribution in [-0.2, 0) is 0 Å². The Kier molecular flexibility index (Phi) is 5.18. The molecule has 1 aromatic carbocycles. The summed E-state index contributed by atoms with van der Waals surface area (Å²) in [6, 6.07) is 8.93. The van der Waals surface area contributed by atoms with Gasteiger partial charge >= 0.3 is 0 Å². The van der Waals surface area contributed by atoms with Crippen LogP contribution in [0.15, 0.2) is 28.7 Å². The van der Waals surface area contributed by atoms with E-state index in [2.05, 4.69) is 70.2 Å². The van der Waals surface area contributed by atoms with Crippen molar-refractivity contribution in [1.29, 1.82) is 0 Å². The molecule has 0 spiro atoms. The lowest BCUT2D eigenvalue weighted by Crippen LogP contribution is -2.30. The van der Waals surface area contributed by atoms with Gasteiger partial charge in [-0.15, -0.1) is 0 Å². The highest BCUT2D eigenvalue weighted by Gasteiger charge is 2.27. The Hall–Kier alpha value is -0.420. The summed E-state index contributed by atoms with van der Waals surface area (Å²) in [5, 5.41) is 3.55. The van der Waals surface area contributed by atoms with E-state index in [0.717, 1.165) is 24.1 Å². The van der Waals surface area contributed by atoms with Crippen LogP contribution < -0.4 is 16.2 Å². The minimum Gasteiger partial charge on any atom is -0.316 e. The number of rotatable bonds is 5. The van der Waals surface area contributed by atoms with Crippen LogP contribution in [0.3, 0.4) is 0 Å². The Morgan fingerprint density at radius 2 is 2.28 bits per heavy atom. The zero-order valence-electron chi connectivity index (χ0n) is 11.0. The highest BCUT2D eigenvalue weighted by atomic mass is 79.9. The first-order valence-electron chi connectivity index (χ1n) is 6.61. The summed E-state index contributed by atoms with van der Waals surface area (Å²) in [6.45, 7) is 7.63. The third-order valence-corrected chi connectivity index (χ3v) is 3.75. The zero-order chi connectivity index (χ0) is 13.0. The van der Waals surface area contributed by atoms with Crippen molar-refractivity contribution in [2.45, 2.75) is 19.9 Å². The lowest BCUT2D eigenvalue weighted by molar-refractivity contribution is 0.425. The topological polar surface area (TPSA) is 36.1 Å². The van der Waals surface area contributed by atoms with E-state index in [1.165, 1.54) is 5.56 Å². The molecule has 1 heterocycles. The van der Waals surface area contributed by atoms with Gasteiger partial charge in [0.15, 0.2) is 0 Å². The van der Waals surface area contributed by atoms with Gasteiger partial charge in [0.2, 0.25) is 0 Å². The predicted molar refractivity (Wildman–Crippen MR) is 79.2 cm³/mol. The Bertz CT molecular complexity index is 381. The first kappa shape index (κ1) is 14.0. The summed E-state index contributed by atoms with van der Waals surface area (Å²) >= 11 is 3.54. The van der Waals surface area contributed by atoms with E-state index >= 15 is 0 Å². The van der Waals surface area contributed by atoms with Crippen molar-refractivity contribution in [2.24, 2.45) is 11.8 Å². The lowest BCUT2D eigenvalue weighted by Gasteiger charge is -2.20. The number of hydrogen-bond acceptors (Lipinski definition) is 3. The maximum absolute atomic E-state index is 3.55. The fourth-order valence-corrected chi connectivity index (χ4v) is 2.76. The fourth-order valence-electron chi connectivity index (χ4n) is 2.34. The molecule has 0 amide bonds. The second kappa shape index (κ2) is 6.66. The Labute approximate surface area is 118 Å². The van der Waals surface area contributed by atoms with Gasteiger partial charge in [-0.25, -0.2) is 5.43 Å². The third-order valence-electron chi connectivity index (χ3n) is 3.26. The van der Waals surface area contributed by atoms with Gasteiger partial charge in [-0.05, 0) is 30.2 Å². The standard InChI is InChI=1S/C14H22BrN3/c1-10(2)7-16-8-12-9-17-18-14(12)11-4-3-5-13(15)6-11/h3-6,10,12,14,16-18H,7-9H2,1-2H3. The molecular weight excluding hydrogens is 290 g/mol. The van der Waals surface area contributed by atoms with Crippen molar-refractivity contribution >= 4 is 15.9 Å². The molecular formula is C14H22BrN3. The predicted octanol–water partition coefficient (Wildman–Crippen LogP) is 2.46. The average molecular weight is 312 g/mol. The van der Waals surface area contributed by atoms with E-state index in [-0.39, 0.29) is 0 Å². The normalized spacial score (nSPS) is 23.8. The SMILES string of the molecule is CC(C)CNCC1CNNC1c1cccc(Br)c1. The molecule has 1 aromatic rings. The number of benzene rings is 1. The quantitative estimate of drug-likeness (QED) is 0.782. The van der Waals surface area contributed by atoms with Crippen LogP contribution in [0.1, 0.15) is 25.5 Å². The van der Waals surface area contributed by atoms with Crippen LogP contribution in [0.2, 0.25) is 0 Å². The number of nitrogens with one attached hydrogen (secondary N) is 3. The minimum absolute atomic E-state index is 0.391. The van der Waals surface area contributed by atoms with Gasteiger partial charge in [-0.2, -0.15) is 0 Å². The molecule has 0 aromatic heterocycles. The van der Waals surface area contributed by atoms with Crippen molar-refractivity contribution in [3.05, 3.63) is 34.3 Å². The van der Waals surface area contributed by atoms with Gasteiger partial charge < -0.3 is 5.32 Å². The highest BCUT2D eigenvalue weighted by Crippen LogP contribution is 2.26. The molecule has 0 saturated carbocycles. The molecule has 0 bridgehead atoms.